The SMILES string of the molecule is NC(=S)c1cc(F)ccc1NCC1Cc2ccccc21. The smallest absolute Gasteiger partial charge is 0.124 e. The van der Waals surface area contributed by atoms with Gasteiger partial charge in [0.2, 0.25) is 0 Å². The summed E-state index contributed by atoms with van der Waals surface area (Å²) in [7, 11) is 0. The molecular weight excluding hydrogens is 271 g/mol. The van der Waals surface area contributed by atoms with E-state index in [4.69, 9.17) is 18.0 Å². The fourth-order valence-electron chi connectivity index (χ4n) is 2.65. The molecule has 1 aliphatic rings. The van der Waals surface area contributed by atoms with Crippen LogP contribution in [-0.2, 0) is 6.42 Å². The van der Waals surface area contributed by atoms with Crippen LogP contribution in [0.2, 0.25) is 0 Å². The maximum Gasteiger partial charge on any atom is 0.124 e. The summed E-state index contributed by atoms with van der Waals surface area (Å²) < 4.78 is 13.2. The van der Waals surface area contributed by atoms with Crippen molar-refractivity contribution in [3.05, 3.63) is 65.0 Å². The first-order chi connectivity index (χ1) is 9.65. The van der Waals surface area contributed by atoms with Gasteiger partial charge >= 0.3 is 0 Å². The predicted molar refractivity (Wildman–Crippen MR) is 83.7 cm³/mol. The van der Waals surface area contributed by atoms with Crippen LogP contribution < -0.4 is 11.1 Å². The van der Waals surface area contributed by atoms with Crippen molar-refractivity contribution in [1.82, 2.24) is 0 Å². The third-order valence-electron chi connectivity index (χ3n) is 3.75. The average Bonchev–Trinajstić information content (AvgIpc) is 2.41. The molecule has 0 aromatic heterocycles. The van der Waals surface area contributed by atoms with E-state index in [2.05, 4.69) is 29.6 Å². The summed E-state index contributed by atoms with van der Waals surface area (Å²) in [5, 5.41) is 3.33. The Bertz CT molecular complexity index is 669. The minimum atomic E-state index is -0.327. The summed E-state index contributed by atoms with van der Waals surface area (Å²) in [6.45, 7) is 0.804. The maximum absolute atomic E-state index is 13.2. The van der Waals surface area contributed by atoms with Crippen LogP contribution in [-0.4, -0.2) is 11.5 Å². The lowest BCUT2D eigenvalue weighted by atomic mass is 9.77. The van der Waals surface area contributed by atoms with E-state index in [1.165, 1.54) is 23.3 Å². The molecule has 0 heterocycles. The van der Waals surface area contributed by atoms with Gasteiger partial charge < -0.3 is 11.1 Å². The van der Waals surface area contributed by atoms with Crippen LogP contribution in [0.25, 0.3) is 0 Å². The summed E-state index contributed by atoms with van der Waals surface area (Å²) >= 11 is 4.97. The van der Waals surface area contributed by atoms with E-state index < -0.39 is 0 Å². The molecule has 0 aliphatic heterocycles. The van der Waals surface area contributed by atoms with Gasteiger partial charge in [0.05, 0.1) is 0 Å². The number of fused-ring (bicyclic) bond motifs is 1. The van der Waals surface area contributed by atoms with Crippen molar-refractivity contribution in [1.29, 1.82) is 0 Å². The number of thiocarbonyl (C=S) groups is 1. The summed E-state index contributed by atoms with van der Waals surface area (Å²) in [6, 6.07) is 12.9. The lowest BCUT2D eigenvalue weighted by Crippen LogP contribution is -2.25. The molecule has 20 heavy (non-hydrogen) atoms. The molecular formula is C16H15FN2S. The molecule has 0 fully saturated rings. The molecule has 0 bridgehead atoms. The maximum atomic E-state index is 13.2. The van der Waals surface area contributed by atoms with E-state index >= 15 is 0 Å². The molecule has 102 valence electrons. The summed E-state index contributed by atoms with van der Waals surface area (Å²) in [6.07, 6.45) is 1.08. The standard InChI is InChI=1S/C16H15FN2S/c17-12-5-6-15(14(8-12)16(18)20)19-9-11-7-10-3-1-2-4-13(10)11/h1-6,8,11,19H,7,9H2,(H2,18,20). The van der Waals surface area contributed by atoms with Crippen LogP contribution in [0.3, 0.4) is 0 Å². The normalized spacial score (nSPS) is 16.1. The number of hydrogen-bond donors (Lipinski definition) is 2. The van der Waals surface area contributed by atoms with Gasteiger partial charge in [0.25, 0.3) is 0 Å². The fourth-order valence-corrected chi connectivity index (χ4v) is 2.82. The lowest BCUT2D eigenvalue weighted by Gasteiger charge is -2.30. The number of nitrogens with two attached hydrogens (primary N) is 1. The van der Waals surface area contributed by atoms with Gasteiger partial charge in [-0.05, 0) is 35.7 Å². The van der Waals surface area contributed by atoms with Crippen molar-refractivity contribution in [2.75, 3.05) is 11.9 Å². The molecule has 0 spiro atoms. The number of hydrogen-bond acceptors (Lipinski definition) is 2. The van der Waals surface area contributed by atoms with Gasteiger partial charge in [-0.25, -0.2) is 4.39 Å². The van der Waals surface area contributed by atoms with E-state index in [0.717, 1.165) is 18.7 Å². The molecule has 2 aromatic carbocycles. The third-order valence-corrected chi connectivity index (χ3v) is 3.97. The Kier molecular flexibility index (Phi) is 3.40. The van der Waals surface area contributed by atoms with E-state index in [0.29, 0.717) is 11.5 Å². The Morgan fingerprint density at radius 3 is 2.85 bits per heavy atom. The van der Waals surface area contributed by atoms with Gasteiger partial charge in [-0.15, -0.1) is 0 Å². The van der Waals surface area contributed by atoms with Gasteiger partial charge in [-0.2, -0.15) is 0 Å². The summed E-state index contributed by atoms with van der Waals surface area (Å²) in [4.78, 5) is 0.209. The second-order valence-electron chi connectivity index (χ2n) is 5.03. The number of nitrogens with one attached hydrogen (secondary N) is 1. The molecule has 0 radical (unpaired) electrons. The molecule has 0 saturated carbocycles. The molecule has 1 aliphatic carbocycles. The van der Waals surface area contributed by atoms with Crippen molar-refractivity contribution in [3.8, 4) is 0 Å². The van der Waals surface area contributed by atoms with Crippen LogP contribution in [0, 0.1) is 5.82 Å². The molecule has 4 heteroatoms. The van der Waals surface area contributed by atoms with Crippen molar-refractivity contribution >= 4 is 22.9 Å². The number of benzene rings is 2. The predicted octanol–water partition coefficient (Wildman–Crippen LogP) is 3.21. The fraction of sp³-hybridized carbons (Fsp3) is 0.188. The highest BCUT2D eigenvalue weighted by Crippen LogP contribution is 2.35. The summed E-state index contributed by atoms with van der Waals surface area (Å²) in [5.41, 5.74) is 9.79. The van der Waals surface area contributed by atoms with Crippen LogP contribution in [0.4, 0.5) is 10.1 Å². The van der Waals surface area contributed by atoms with E-state index in [9.17, 15) is 4.39 Å². The number of halogens is 1. The average molecular weight is 286 g/mol. The van der Waals surface area contributed by atoms with Crippen LogP contribution >= 0.6 is 12.2 Å². The Morgan fingerprint density at radius 1 is 1.30 bits per heavy atom. The first-order valence-electron chi connectivity index (χ1n) is 6.56. The Balaban J connectivity index is 1.73. The molecule has 2 nitrogen and oxygen atoms in total. The second kappa shape index (κ2) is 5.21. The topological polar surface area (TPSA) is 38.0 Å². The third kappa shape index (κ3) is 2.39. The monoisotopic (exact) mass is 286 g/mol. The minimum absolute atomic E-state index is 0.209. The first-order valence-corrected chi connectivity index (χ1v) is 6.97. The highest BCUT2D eigenvalue weighted by atomic mass is 32.1. The van der Waals surface area contributed by atoms with Gasteiger partial charge in [-0.3, -0.25) is 0 Å². The molecule has 2 aromatic rings. The van der Waals surface area contributed by atoms with Gasteiger partial charge in [-0.1, -0.05) is 36.5 Å². The molecule has 1 atom stereocenters. The molecule has 3 rings (SSSR count). The summed E-state index contributed by atoms with van der Waals surface area (Å²) in [5.74, 6) is 0.169. The number of anilines is 1. The second-order valence-corrected chi connectivity index (χ2v) is 5.47. The van der Waals surface area contributed by atoms with E-state index in [1.54, 1.807) is 6.07 Å². The van der Waals surface area contributed by atoms with Crippen molar-refractivity contribution in [2.45, 2.75) is 12.3 Å². The first kappa shape index (κ1) is 13.1. The van der Waals surface area contributed by atoms with Crippen molar-refractivity contribution in [2.24, 2.45) is 5.73 Å². The molecule has 3 N–H and O–H groups in total. The number of rotatable bonds is 4. The minimum Gasteiger partial charge on any atom is -0.389 e. The van der Waals surface area contributed by atoms with Gasteiger partial charge in [0.15, 0.2) is 0 Å². The zero-order valence-corrected chi connectivity index (χ0v) is 11.7. The van der Waals surface area contributed by atoms with Crippen molar-refractivity contribution in [3.63, 3.8) is 0 Å². The van der Waals surface area contributed by atoms with E-state index in [1.807, 2.05) is 0 Å². The quantitative estimate of drug-likeness (QED) is 0.848. The van der Waals surface area contributed by atoms with Crippen LogP contribution in [0.5, 0.6) is 0 Å². The van der Waals surface area contributed by atoms with Crippen LogP contribution in [0.15, 0.2) is 42.5 Å². The highest BCUT2D eigenvalue weighted by Gasteiger charge is 2.25. The lowest BCUT2D eigenvalue weighted by molar-refractivity contribution is 0.626. The van der Waals surface area contributed by atoms with Crippen molar-refractivity contribution < 1.29 is 4.39 Å². The zero-order chi connectivity index (χ0) is 14.1. The largest absolute Gasteiger partial charge is 0.389 e. The Hall–Kier alpha value is -1.94. The molecule has 1 unspecified atom stereocenters. The Morgan fingerprint density at radius 2 is 2.10 bits per heavy atom. The molecule has 0 saturated heterocycles. The molecule has 0 amide bonds. The van der Waals surface area contributed by atoms with E-state index in [-0.39, 0.29) is 10.8 Å². The van der Waals surface area contributed by atoms with Gasteiger partial charge in [0, 0.05) is 23.7 Å². The van der Waals surface area contributed by atoms with Crippen LogP contribution in [0.1, 0.15) is 22.6 Å². The van der Waals surface area contributed by atoms with Gasteiger partial charge in [0.1, 0.15) is 10.8 Å². The zero-order valence-electron chi connectivity index (χ0n) is 10.9. The Labute approximate surface area is 122 Å². The highest BCUT2D eigenvalue weighted by molar-refractivity contribution is 7.80.